The summed E-state index contributed by atoms with van der Waals surface area (Å²) in [5, 5.41) is 20.6. The number of para-hydroxylation sites is 4. The van der Waals surface area contributed by atoms with Gasteiger partial charge in [0.25, 0.3) is 14.9 Å². The molecule has 10 heteroatoms. The molecule has 4 atom stereocenters. The van der Waals surface area contributed by atoms with Gasteiger partial charge < -0.3 is 18.7 Å². The Labute approximate surface area is 332 Å². The summed E-state index contributed by atoms with van der Waals surface area (Å²) in [5.41, 5.74) is 3.76. The van der Waals surface area contributed by atoms with Gasteiger partial charge in [0, 0.05) is 61.3 Å². The summed E-state index contributed by atoms with van der Waals surface area (Å²) < 4.78 is 40.9. The molecule has 0 N–H and O–H groups in total. The maximum atomic E-state index is 16.5. The molecule has 0 saturated carbocycles. The molecule has 286 valence electrons. The first-order valence-electron chi connectivity index (χ1n) is 19.8. The van der Waals surface area contributed by atoms with E-state index in [9.17, 15) is 10.5 Å². The van der Waals surface area contributed by atoms with E-state index < -0.39 is 26.2 Å². The highest BCUT2D eigenvalue weighted by Gasteiger charge is 2.51. The third-order valence-electron chi connectivity index (χ3n) is 11.3. The van der Waals surface area contributed by atoms with Gasteiger partial charge in [0.05, 0.1) is 23.5 Å². The fourth-order valence-electron chi connectivity index (χ4n) is 8.73. The van der Waals surface area contributed by atoms with Crippen molar-refractivity contribution in [2.45, 2.75) is 68.7 Å². The van der Waals surface area contributed by atoms with Crippen molar-refractivity contribution >= 4 is 37.6 Å². The molecule has 0 bridgehead atoms. The number of hydrogen-bond acceptors (Lipinski definition) is 4. The Morgan fingerprint density at radius 1 is 0.554 bits per heavy atom. The van der Waals surface area contributed by atoms with E-state index in [4.69, 9.17) is 0 Å². The minimum atomic E-state index is -3.52. The third kappa shape index (κ3) is 8.01. The van der Waals surface area contributed by atoms with Crippen LogP contribution in [0, 0.1) is 22.7 Å². The monoisotopic (exact) mass is 780 g/mol. The van der Waals surface area contributed by atoms with Gasteiger partial charge in [-0.05, 0) is 86.2 Å². The predicted molar refractivity (Wildman–Crippen MR) is 231 cm³/mol. The third-order valence-corrected chi connectivity index (χ3v) is 18.5. The minimum absolute atomic E-state index is 0.106. The lowest BCUT2D eigenvalue weighted by Crippen LogP contribution is -2.49. The zero-order chi connectivity index (χ0) is 38.8. The number of nitrogens with zero attached hydrogens (tertiary/aromatic N) is 6. The summed E-state index contributed by atoms with van der Waals surface area (Å²) in [6.45, 7) is 1.88. The average molecular weight is 781 g/mol. The van der Waals surface area contributed by atoms with Crippen LogP contribution in [-0.2, 0) is 15.6 Å². The number of nitriles is 2. The molecule has 2 heterocycles. The highest BCUT2D eigenvalue weighted by Crippen LogP contribution is 2.66. The number of rotatable bonds is 14. The molecule has 2 saturated heterocycles. The van der Waals surface area contributed by atoms with Gasteiger partial charge in [-0.25, -0.2) is 0 Å². The summed E-state index contributed by atoms with van der Waals surface area (Å²) in [6.07, 6.45) is 4.39. The molecule has 0 aromatic heterocycles. The summed E-state index contributed by atoms with van der Waals surface area (Å²) in [4.78, 5) is 0. The van der Waals surface area contributed by atoms with Gasteiger partial charge in [-0.1, -0.05) is 110 Å². The molecule has 2 aliphatic heterocycles. The second-order valence-electron chi connectivity index (χ2n) is 14.7. The molecule has 2 fully saturated rings. The van der Waals surface area contributed by atoms with Crippen molar-refractivity contribution in [1.29, 1.82) is 10.5 Å². The van der Waals surface area contributed by atoms with Gasteiger partial charge in [0.15, 0.2) is 0 Å². The Balaban J connectivity index is 1.25. The molecule has 0 spiro atoms. The summed E-state index contributed by atoms with van der Waals surface area (Å²) in [6, 6.07) is 54.8. The van der Waals surface area contributed by atoms with E-state index in [0.717, 1.165) is 41.2 Å². The second-order valence-corrected chi connectivity index (χ2v) is 20.4. The quantitative estimate of drug-likeness (QED) is 0.103. The molecule has 0 amide bonds. The number of benzene rings is 5. The maximum absolute atomic E-state index is 16.5. The van der Waals surface area contributed by atoms with Crippen LogP contribution >= 0.6 is 14.9 Å². The molecule has 8 nitrogen and oxygen atoms in total. The highest BCUT2D eigenvalue weighted by atomic mass is 31.2. The van der Waals surface area contributed by atoms with Crippen LogP contribution in [0.1, 0.15) is 50.5 Å². The molecule has 2 aliphatic rings. The van der Waals surface area contributed by atoms with Gasteiger partial charge >= 0.3 is 0 Å². The fourth-order valence-corrected chi connectivity index (χ4v) is 16.2. The van der Waals surface area contributed by atoms with E-state index in [1.807, 2.05) is 140 Å². The predicted octanol–water partition coefficient (Wildman–Crippen LogP) is 11.6. The van der Waals surface area contributed by atoms with E-state index in [2.05, 4.69) is 43.0 Å². The molecule has 5 aromatic rings. The summed E-state index contributed by atoms with van der Waals surface area (Å²) >= 11 is 0. The van der Waals surface area contributed by atoms with Crippen LogP contribution in [0.5, 0.6) is 0 Å². The fraction of sp³-hybridized carbons (Fsp3) is 0.304. The van der Waals surface area contributed by atoms with Gasteiger partial charge in [0.1, 0.15) is 0 Å². The Morgan fingerprint density at radius 2 is 0.982 bits per heavy atom. The second kappa shape index (κ2) is 18.1. The van der Waals surface area contributed by atoms with E-state index in [1.165, 1.54) is 0 Å². The van der Waals surface area contributed by atoms with Crippen LogP contribution in [0.4, 0.5) is 22.7 Å². The molecule has 7 rings (SSSR count). The number of hydrogen-bond donors (Lipinski definition) is 0. The van der Waals surface area contributed by atoms with Crippen LogP contribution in [0.15, 0.2) is 152 Å². The van der Waals surface area contributed by atoms with E-state index in [1.54, 1.807) is 0 Å². The topological polar surface area (TPSA) is 94.7 Å². The average Bonchev–Trinajstić information content (AvgIpc) is 3.25. The standard InChI is InChI=1S/C46H50N6O2P2/c47-33-30-45(55(53)49(40-20-8-2-9-21-40)35-17-36-50(55)41-22-10-3-11-23-41)29-16-28-44-32-37-51(42-24-12-4-13-25-42)56(54,52(44)43-26-14-5-15-27-43)46(31-34-48)38-39-18-6-1-7-19-39/h1-15,18-27,44-46H,16-17,28-32,35-38H2. The Bertz CT molecular complexity index is 2130. The molecular weight excluding hydrogens is 730 g/mol. The first-order chi connectivity index (χ1) is 27.5. The van der Waals surface area contributed by atoms with Crippen molar-refractivity contribution in [1.82, 2.24) is 0 Å². The first-order valence-corrected chi connectivity index (χ1v) is 23.2. The molecular formula is C46H50N6O2P2. The zero-order valence-electron chi connectivity index (χ0n) is 31.8. The van der Waals surface area contributed by atoms with Crippen molar-refractivity contribution in [3.05, 3.63) is 157 Å². The van der Waals surface area contributed by atoms with Crippen molar-refractivity contribution in [3.8, 4) is 12.1 Å². The van der Waals surface area contributed by atoms with Crippen molar-refractivity contribution in [2.24, 2.45) is 0 Å². The van der Waals surface area contributed by atoms with Gasteiger partial charge in [-0.3, -0.25) is 9.13 Å². The minimum Gasteiger partial charge on any atom is -0.306 e. The SMILES string of the molecule is N#CCC(CCCC1CCN(c2ccccc2)P(=O)(C(CC#N)Cc2ccccc2)N1c1ccccc1)P1(=O)N(c2ccccc2)CCCN1c1ccccc1. The lowest BCUT2D eigenvalue weighted by Gasteiger charge is -2.52. The molecule has 5 aromatic carbocycles. The van der Waals surface area contributed by atoms with Crippen LogP contribution in [0.25, 0.3) is 0 Å². The van der Waals surface area contributed by atoms with Gasteiger partial charge in [0.2, 0.25) is 0 Å². The van der Waals surface area contributed by atoms with Crippen molar-refractivity contribution in [3.63, 3.8) is 0 Å². The van der Waals surface area contributed by atoms with E-state index in [0.29, 0.717) is 45.3 Å². The largest absolute Gasteiger partial charge is 0.306 e. The number of anilines is 4. The van der Waals surface area contributed by atoms with Crippen LogP contribution in [0.2, 0.25) is 0 Å². The Kier molecular flexibility index (Phi) is 12.6. The van der Waals surface area contributed by atoms with Gasteiger partial charge in [-0.15, -0.1) is 0 Å². The van der Waals surface area contributed by atoms with E-state index in [-0.39, 0.29) is 18.9 Å². The first kappa shape index (κ1) is 39.0. The summed E-state index contributed by atoms with van der Waals surface area (Å²) in [7, 11) is -6.88. The zero-order valence-corrected chi connectivity index (χ0v) is 33.6. The van der Waals surface area contributed by atoms with Gasteiger partial charge in [-0.2, -0.15) is 10.5 Å². The van der Waals surface area contributed by atoms with Crippen LogP contribution in [-0.4, -0.2) is 37.0 Å². The molecule has 0 aliphatic carbocycles. The lowest BCUT2D eigenvalue weighted by molar-refractivity contribution is 0.478. The van der Waals surface area contributed by atoms with E-state index >= 15 is 9.13 Å². The van der Waals surface area contributed by atoms with Crippen molar-refractivity contribution in [2.75, 3.05) is 38.3 Å². The smallest absolute Gasteiger partial charge is 0.267 e. The van der Waals surface area contributed by atoms with Crippen LogP contribution in [0.3, 0.4) is 0 Å². The summed E-state index contributed by atoms with van der Waals surface area (Å²) in [5.74, 6) is 0. The maximum Gasteiger partial charge on any atom is 0.267 e. The Hall–Kier alpha value is -5.26. The molecule has 0 radical (unpaired) electrons. The highest BCUT2D eigenvalue weighted by molar-refractivity contribution is 7.68. The molecule has 4 unspecified atom stereocenters. The molecule has 56 heavy (non-hydrogen) atoms. The Morgan fingerprint density at radius 3 is 1.46 bits per heavy atom. The normalized spacial score (nSPS) is 20.4. The van der Waals surface area contributed by atoms with Crippen molar-refractivity contribution < 1.29 is 9.13 Å². The lowest BCUT2D eigenvalue weighted by atomic mass is 10.0. The van der Waals surface area contributed by atoms with Crippen LogP contribution < -0.4 is 18.7 Å².